The first-order valence-corrected chi connectivity index (χ1v) is 8.88. The van der Waals surface area contributed by atoms with Crippen molar-refractivity contribution in [3.63, 3.8) is 0 Å². The van der Waals surface area contributed by atoms with Gasteiger partial charge in [0.05, 0.1) is 11.9 Å². The summed E-state index contributed by atoms with van der Waals surface area (Å²) in [4.78, 5) is 0. The van der Waals surface area contributed by atoms with Crippen LogP contribution in [-0.4, -0.2) is 30.3 Å². The zero-order valence-corrected chi connectivity index (χ0v) is 13.3. The van der Waals surface area contributed by atoms with Gasteiger partial charge in [-0.1, -0.05) is 6.92 Å². The van der Waals surface area contributed by atoms with Gasteiger partial charge in [0.25, 0.3) is 0 Å². The van der Waals surface area contributed by atoms with Gasteiger partial charge in [0, 0.05) is 24.0 Å². The molecular weight excluding hydrogens is 270 g/mol. The first-order chi connectivity index (χ1) is 9.72. The van der Waals surface area contributed by atoms with Crippen LogP contribution in [0.2, 0.25) is 0 Å². The molecule has 2 saturated heterocycles. The summed E-state index contributed by atoms with van der Waals surface area (Å²) in [5.41, 5.74) is 1.46. The minimum Gasteiger partial charge on any atom is -0.469 e. The van der Waals surface area contributed by atoms with Crippen molar-refractivity contribution in [2.75, 3.05) is 24.7 Å². The molecule has 0 saturated carbocycles. The molecule has 0 bridgehead atoms. The van der Waals surface area contributed by atoms with Crippen LogP contribution in [-0.2, 0) is 4.74 Å². The van der Waals surface area contributed by atoms with Gasteiger partial charge in [0.1, 0.15) is 5.76 Å². The van der Waals surface area contributed by atoms with Crippen LogP contribution in [0.25, 0.3) is 0 Å². The standard InChI is InChI=1S/C16H25NO2S/c1-3-17-15(14-8-12(2)18-10-14)13-4-6-19-16(9-13)5-7-20-11-16/h8,10,13,15,17H,3-7,9,11H2,1-2H3. The van der Waals surface area contributed by atoms with Crippen LogP contribution in [0.5, 0.6) is 0 Å². The maximum Gasteiger partial charge on any atom is 0.101 e. The monoisotopic (exact) mass is 295 g/mol. The van der Waals surface area contributed by atoms with Crippen molar-refractivity contribution in [3.05, 3.63) is 23.7 Å². The normalized spacial score (nSPS) is 31.8. The number of aryl methyl sites for hydroxylation is 1. The van der Waals surface area contributed by atoms with Gasteiger partial charge in [-0.25, -0.2) is 0 Å². The molecule has 0 amide bonds. The Bertz CT molecular complexity index is 439. The molecule has 1 aromatic rings. The Morgan fingerprint density at radius 2 is 2.45 bits per heavy atom. The van der Waals surface area contributed by atoms with Gasteiger partial charge in [-0.05, 0) is 50.5 Å². The van der Waals surface area contributed by atoms with Crippen LogP contribution in [0.15, 0.2) is 16.7 Å². The largest absolute Gasteiger partial charge is 0.469 e. The SMILES string of the molecule is CCNC(c1coc(C)c1)C1CCOC2(CCSC2)C1. The summed E-state index contributed by atoms with van der Waals surface area (Å²) in [6, 6.07) is 2.59. The molecule has 112 valence electrons. The summed E-state index contributed by atoms with van der Waals surface area (Å²) >= 11 is 2.04. The molecule has 2 aliphatic rings. The molecule has 20 heavy (non-hydrogen) atoms. The van der Waals surface area contributed by atoms with Crippen molar-refractivity contribution in [2.45, 2.75) is 44.8 Å². The van der Waals surface area contributed by atoms with Gasteiger partial charge in [-0.15, -0.1) is 0 Å². The van der Waals surface area contributed by atoms with Crippen LogP contribution in [0.4, 0.5) is 0 Å². The number of thioether (sulfide) groups is 1. The van der Waals surface area contributed by atoms with Crippen molar-refractivity contribution >= 4 is 11.8 Å². The first kappa shape index (κ1) is 14.5. The Hall–Kier alpha value is -0.450. The Morgan fingerprint density at radius 3 is 3.10 bits per heavy atom. The molecule has 2 aliphatic heterocycles. The summed E-state index contributed by atoms with van der Waals surface area (Å²) < 4.78 is 11.7. The highest BCUT2D eigenvalue weighted by molar-refractivity contribution is 7.99. The van der Waals surface area contributed by atoms with Crippen LogP contribution in [0.1, 0.15) is 43.6 Å². The van der Waals surface area contributed by atoms with Gasteiger partial charge in [-0.2, -0.15) is 11.8 Å². The highest BCUT2D eigenvalue weighted by atomic mass is 32.2. The molecule has 3 heterocycles. The summed E-state index contributed by atoms with van der Waals surface area (Å²) in [7, 11) is 0. The molecule has 0 radical (unpaired) electrons. The molecule has 0 aliphatic carbocycles. The summed E-state index contributed by atoms with van der Waals surface area (Å²) in [6.07, 6.45) is 5.47. The Morgan fingerprint density at radius 1 is 1.55 bits per heavy atom. The predicted molar refractivity (Wildman–Crippen MR) is 83.2 cm³/mol. The van der Waals surface area contributed by atoms with Crippen molar-refractivity contribution in [3.8, 4) is 0 Å². The van der Waals surface area contributed by atoms with E-state index in [1.165, 1.54) is 29.9 Å². The van der Waals surface area contributed by atoms with Gasteiger partial charge < -0.3 is 14.5 Å². The number of ether oxygens (including phenoxy) is 1. The maximum atomic E-state index is 6.15. The van der Waals surface area contributed by atoms with E-state index in [9.17, 15) is 0 Å². The molecule has 3 rings (SSSR count). The zero-order chi connectivity index (χ0) is 14.0. The summed E-state index contributed by atoms with van der Waals surface area (Å²) in [5.74, 6) is 4.08. The minimum absolute atomic E-state index is 0.153. The average molecular weight is 295 g/mol. The van der Waals surface area contributed by atoms with Gasteiger partial charge in [0.2, 0.25) is 0 Å². The molecule has 3 nitrogen and oxygen atoms in total. The molecular formula is C16H25NO2S. The van der Waals surface area contributed by atoms with Gasteiger partial charge >= 0.3 is 0 Å². The molecule has 1 aromatic heterocycles. The molecule has 4 heteroatoms. The third kappa shape index (κ3) is 2.92. The van der Waals surface area contributed by atoms with Gasteiger partial charge in [-0.3, -0.25) is 0 Å². The lowest BCUT2D eigenvalue weighted by Gasteiger charge is -2.41. The number of hydrogen-bond donors (Lipinski definition) is 1. The zero-order valence-electron chi connectivity index (χ0n) is 12.5. The van der Waals surface area contributed by atoms with Gasteiger partial charge in [0.15, 0.2) is 0 Å². The second-order valence-corrected chi connectivity index (χ2v) is 7.22. The molecule has 1 spiro atoms. The lowest BCUT2D eigenvalue weighted by Crippen LogP contribution is -2.43. The topological polar surface area (TPSA) is 34.4 Å². The molecule has 3 unspecified atom stereocenters. The fraction of sp³-hybridized carbons (Fsp3) is 0.750. The Balaban J connectivity index is 1.76. The van der Waals surface area contributed by atoms with E-state index in [1.807, 2.05) is 24.9 Å². The van der Waals surface area contributed by atoms with Crippen molar-refractivity contribution < 1.29 is 9.15 Å². The van der Waals surface area contributed by atoms with Crippen LogP contribution < -0.4 is 5.32 Å². The van der Waals surface area contributed by atoms with E-state index in [4.69, 9.17) is 9.15 Å². The highest BCUT2D eigenvalue weighted by Crippen LogP contribution is 2.44. The van der Waals surface area contributed by atoms with E-state index in [0.29, 0.717) is 12.0 Å². The molecule has 2 fully saturated rings. The van der Waals surface area contributed by atoms with Crippen LogP contribution in [0, 0.1) is 12.8 Å². The second kappa shape index (κ2) is 6.12. The lowest BCUT2D eigenvalue weighted by molar-refractivity contribution is -0.0853. The molecule has 1 N–H and O–H groups in total. The third-order valence-electron chi connectivity index (χ3n) is 4.60. The quantitative estimate of drug-likeness (QED) is 0.921. The first-order valence-electron chi connectivity index (χ1n) is 7.72. The van der Waals surface area contributed by atoms with E-state index >= 15 is 0 Å². The van der Waals surface area contributed by atoms with E-state index in [1.54, 1.807) is 0 Å². The van der Waals surface area contributed by atoms with Crippen molar-refractivity contribution in [1.29, 1.82) is 0 Å². The minimum atomic E-state index is 0.153. The van der Waals surface area contributed by atoms with E-state index in [-0.39, 0.29) is 5.60 Å². The van der Waals surface area contributed by atoms with Crippen LogP contribution >= 0.6 is 11.8 Å². The van der Waals surface area contributed by atoms with E-state index in [2.05, 4.69) is 18.3 Å². The smallest absolute Gasteiger partial charge is 0.101 e. The number of rotatable bonds is 4. The fourth-order valence-corrected chi connectivity index (χ4v) is 5.00. The summed E-state index contributed by atoms with van der Waals surface area (Å²) in [6.45, 7) is 6.10. The predicted octanol–water partition coefficient (Wildman–Crippen LogP) is 3.54. The Kier molecular flexibility index (Phi) is 4.43. The highest BCUT2D eigenvalue weighted by Gasteiger charge is 2.42. The number of hydrogen-bond acceptors (Lipinski definition) is 4. The fourth-order valence-electron chi connectivity index (χ4n) is 3.62. The van der Waals surface area contributed by atoms with Crippen molar-refractivity contribution in [2.24, 2.45) is 5.92 Å². The maximum absolute atomic E-state index is 6.15. The lowest BCUT2D eigenvalue weighted by atomic mass is 9.79. The third-order valence-corrected chi connectivity index (χ3v) is 5.83. The number of nitrogens with one attached hydrogen (secondary N) is 1. The second-order valence-electron chi connectivity index (χ2n) is 6.11. The van der Waals surface area contributed by atoms with Crippen molar-refractivity contribution in [1.82, 2.24) is 5.32 Å². The van der Waals surface area contributed by atoms with E-state index in [0.717, 1.165) is 25.3 Å². The Labute approximate surface area is 125 Å². The summed E-state index contributed by atoms with van der Waals surface area (Å²) in [5, 5.41) is 3.67. The van der Waals surface area contributed by atoms with E-state index < -0.39 is 0 Å². The molecule has 0 aromatic carbocycles. The number of furan rings is 1. The molecule has 3 atom stereocenters. The average Bonchev–Trinajstić information content (AvgIpc) is 3.06. The van der Waals surface area contributed by atoms with Crippen LogP contribution in [0.3, 0.4) is 0 Å².